The highest BCUT2D eigenvalue weighted by molar-refractivity contribution is 6.00. The van der Waals surface area contributed by atoms with E-state index in [2.05, 4.69) is 29.6 Å². The van der Waals surface area contributed by atoms with Gasteiger partial charge >= 0.3 is 0 Å². The van der Waals surface area contributed by atoms with Gasteiger partial charge in [0, 0.05) is 11.9 Å². The van der Waals surface area contributed by atoms with Gasteiger partial charge in [-0.1, -0.05) is 38.1 Å². The second-order valence-corrected chi connectivity index (χ2v) is 5.16. The second kappa shape index (κ2) is 6.34. The summed E-state index contributed by atoms with van der Waals surface area (Å²) >= 11 is 0. The molecule has 0 saturated heterocycles. The van der Waals surface area contributed by atoms with Crippen LogP contribution in [-0.4, -0.2) is 17.4 Å². The molecular weight excluding hydrogens is 252 g/mol. The van der Waals surface area contributed by atoms with Crippen LogP contribution in [0.3, 0.4) is 0 Å². The number of rotatable bonds is 5. The van der Waals surface area contributed by atoms with Crippen LogP contribution in [0, 0.1) is 5.92 Å². The molecule has 0 fully saturated rings. The van der Waals surface area contributed by atoms with Gasteiger partial charge in [0.25, 0.3) is 5.91 Å². The third kappa shape index (κ3) is 3.24. The van der Waals surface area contributed by atoms with Crippen molar-refractivity contribution in [2.75, 3.05) is 12.0 Å². The second-order valence-electron chi connectivity index (χ2n) is 5.16. The lowest BCUT2D eigenvalue weighted by molar-refractivity contribution is 0.0947. The van der Waals surface area contributed by atoms with E-state index in [0.29, 0.717) is 24.0 Å². The standard InChI is InChI=1S/C15H20N4O/c1-10(2)7-8-17-15(20)13-9-11-5-3-4-6-12(11)14(18-13)19-16/h3-6,9-10H,7-8,16H2,1-2H3,(H,17,20)(H,18,19). The molecule has 4 N–H and O–H groups in total. The van der Waals surface area contributed by atoms with Gasteiger partial charge in [-0.25, -0.2) is 10.8 Å². The van der Waals surface area contributed by atoms with E-state index < -0.39 is 0 Å². The molecule has 20 heavy (non-hydrogen) atoms. The van der Waals surface area contributed by atoms with E-state index in [9.17, 15) is 4.79 Å². The number of pyridine rings is 1. The number of carbonyl (C=O) groups is 1. The summed E-state index contributed by atoms with van der Waals surface area (Å²) in [5.41, 5.74) is 2.92. The zero-order valence-electron chi connectivity index (χ0n) is 11.8. The number of anilines is 1. The lowest BCUT2D eigenvalue weighted by Gasteiger charge is -2.10. The Kier molecular flexibility index (Phi) is 4.53. The first-order chi connectivity index (χ1) is 9.61. The van der Waals surface area contributed by atoms with E-state index in [1.807, 2.05) is 24.3 Å². The Balaban J connectivity index is 2.23. The molecule has 0 aliphatic heterocycles. The summed E-state index contributed by atoms with van der Waals surface area (Å²) in [5.74, 6) is 6.38. The lowest BCUT2D eigenvalue weighted by Crippen LogP contribution is -2.26. The van der Waals surface area contributed by atoms with Crippen molar-refractivity contribution in [1.29, 1.82) is 0 Å². The molecule has 0 saturated carbocycles. The van der Waals surface area contributed by atoms with Crippen LogP contribution in [0.25, 0.3) is 10.8 Å². The number of nitrogens with one attached hydrogen (secondary N) is 2. The number of aromatic nitrogens is 1. The average Bonchev–Trinajstić information content (AvgIpc) is 2.45. The molecule has 1 aromatic carbocycles. The molecule has 5 nitrogen and oxygen atoms in total. The number of hydrogen-bond acceptors (Lipinski definition) is 4. The number of nitrogen functional groups attached to an aromatic ring is 1. The average molecular weight is 272 g/mol. The minimum Gasteiger partial charge on any atom is -0.351 e. The maximum Gasteiger partial charge on any atom is 0.269 e. The first kappa shape index (κ1) is 14.3. The Morgan fingerprint density at radius 3 is 2.80 bits per heavy atom. The molecule has 5 heteroatoms. The van der Waals surface area contributed by atoms with Gasteiger partial charge in [0.15, 0.2) is 0 Å². The first-order valence-electron chi connectivity index (χ1n) is 6.76. The van der Waals surface area contributed by atoms with Crippen molar-refractivity contribution in [3.8, 4) is 0 Å². The van der Waals surface area contributed by atoms with Gasteiger partial charge in [0.2, 0.25) is 0 Å². The predicted octanol–water partition coefficient (Wildman–Crippen LogP) is 2.30. The highest BCUT2D eigenvalue weighted by atomic mass is 16.1. The Bertz CT molecular complexity index is 610. The van der Waals surface area contributed by atoms with Crippen LogP contribution in [0.15, 0.2) is 30.3 Å². The van der Waals surface area contributed by atoms with Crippen molar-refractivity contribution >= 4 is 22.5 Å². The van der Waals surface area contributed by atoms with Crippen LogP contribution in [0.4, 0.5) is 5.82 Å². The number of carbonyl (C=O) groups excluding carboxylic acids is 1. The van der Waals surface area contributed by atoms with E-state index in [4.69, 9.17) is 5.84 Å². The molecule has 0 aliphatic rings. The SMILES string of the molecule is CC(C)CCNC(=O)c1cc2ccccc2c(NN)n1. The zero-order chi connectivity index (χ0) is 14.5. The zero-order valence-corrected chi connectivity index (χ0v) is 11.8. The van der Waals surface area contributed by atoms with E-state index in [1.165, 1.54) is 0 Å². The van der Waals surface area contributed by atoms with Crippen molar-refractivity contribution in [2.24, 2.45) is 11.8 Å². The third-order valence-corrected chi connectivity index (χ3v) is 3.12. The molecule has 0 unspecified atom stereocenters. The van der Waals surface area contributed by atoms with Gasteiger partial charge in [-0.05, 0) is 23.8 Å². The van der Waals surface area contributed by atoms with E-state index in [1.54, 1.807) is 6.07 Å². The topological polar surface area (TPSA) is 80.0 Å². The Morgan fingerprint density at radius 2 is 2.10 bits per heavy atom. The van der Waals surface area contributed by atoms with Crippen LogP contribution in [-0.2, 0) is 0 Å². The normalized spacial score (nSPS) is 10.8. The molecule has 0 radical (unpaired) electrons. The van der Waals surface area contributed by atoms with Crippen LogP contribution < -0.4 is 16.6 Å². The number of amides is 1. The number of nitrogens with two attached hydrogens (primary N) is 1. The van der Waals surface area contributed by atoms with E-state index in [0.717, 1.165) is 17.2 Å². The summed E-state index contributed by atoms with van der Waals surface area (Å²) in [6, 6.07) is 9.46. The number of fused-ring (bicyclic) bond motifs is 1. The lowest BCUT2D eigenvalue weighted by atomic mass is 10.1. The van der Waals surface area contributed by atoms with Gasteiger partial charge in [-0.15, -0.1) is 0 Å². The minimum absolute atomic E-state index is 0.173. The summed E-state index contributed by atoms with van der Waals surface area (Å²) in [4.78, 5) is 16.4. The fraction of sp³-hybridized carbons (Fsp3) is 0.333. The highest BCUT2D eigenvalue weighted by Gasteiger charge is 2.11. The fourth-order valence-corrected chi connectivity index (χ4v) is 1.99. The van der Waals surface area contributed by atoms with E-state index >= 15 is 0 Å². The van der Waals surface area contributed by atoms with Crippen molar-refractivity contribution in [1.82, 2.24) is 10.3 Å². The van der Waals surface area contributed by atoms with Crippen molar-refractivity contribution in [3.63, 3.8) is 0 Å². The summed E-state index contributed by atoms with van der Waals surface area (Å²) in [7, 11) is 0. The van der Waals surface area contributed by atoms with Crippen LogP contribution >= 0.6 is 0 Å². The third-order valence-electron chi connectivity index (χ3n) is 3.12. The van der Waals surface area contributed by atoms with Gasteiger partial charge in [0.1, 0.15) is 11.5 Å². The van der Waals surface area contributed by atoms with Crippen molar-refractivity contribution in [3.05, 3.63) is 36.0 Å². The smallest absolute Gasteiger partial charge is 0.269 e. The quantitative estimate of drug-likeness (QED) is 0.576. The number of nitrogens with zero attached hydrogens (tertiary/aromatic N) is 1. The van der Waals surface area contributed by atoms with E-state index in [-0.39, 0.29) is 5.91 Å². The maximum absolute atomic E-state index is 12.1. The number of benzene rings is 1. The van der Waals surface area contributed by atoms with Crippen molar-refractivity contribution in [2.45, 2.75) is 20.3 Å². The van der Waals surface area contributed by atoms with Gasteiger partial charge in [0.05, 0.1) is 0 Å². The maximum atomic E-state index is 12.1. The van der Waals surface area contributed by atoms with Crippen LogP contribution in [0.5, 0.6) is 0 Å². The van der Waals surface area contributed by atoms with Gasteiger partial charge < -0.3 is 10.7 Å². The van der Waals surface area contributed by atoms with Crippen LogP contribution in [0.2, 0.25) is 0 Å². The first-order valence-corrected chi connectivity index (χ1v) is 6.76. The molecule has 0 aliphatic carbocycles. The van der Waals surface area contributed by atoms with Gasteiger partial charge in [-0.2, -0.15) is 0 Å². The summed E-state index contributed by atoms with van der Waals surface area (Å²) in [6.45, 7) is 4.89. The Morgan fingerprint density at radius 1 is 1.35 bits per heavy atom. The van der Waals surface area contributed by atoms with Crippen molar-refractivity contribution < 1.29 is 4.79 Å². The Hall–Kier alpha value is -2.14. The highest BCUT2D eigenvalue weighted by Crippen LogP contribution is 2.21. The largest absolute Gasteiger partial charge is 0.351 e. The molecule has 1 amide bonds. The molecule has 2 rings (SSSR count). The predicted molar refractivity (Wildman–Crippen MR) is 81.3 cm³/mol. The molecule has 0 spiro atoms. The molecule has 0 bridgehead atoms. The molecule has 106 valence electrons. The molecule has 1 heterocycles. The number of hydrazine groups is 1. The fourth-order valence-electron chi connectivity index (χ4n) is 1.99. The monoisotopic (exact) mass is 272 g/mol. The summed E-state index contributed by atoms with van der Waals surface area (Å²) < 4.78 is 0. The van der Waals surface area contributed by atoms with Crippen LogP contribution in [0.1, 0.15) is 30.8 Å². The summed E-state index contributed by atoms with van der Waals surface area (Å²) in [6.07, 6.45) is 0.946. The number of hydrogen-bond donors (Lipinski definition) is 3. The molecule has 1 aromatic heterocycles. The van der Waals surface area contributed by atoms with Gasteiger partial charge in [-0.3, -0.25) is 4.79 Å². The molecule has 2 aromatic rings. The Labute approximate surface area is 118 Å². The minimum atomic E-state index is -0.173. The molecule has 0 atom stereocenters. The molecular formula is C15H20N4O. The summed E-state index contributed by atoms with van der Waals surface area (Å²) in [5, 5.41) is 4.71.